The van der Waals surface area contributed by atoms with Crippen LogP contribution in [0.2, 0.25) is 0 Å². The maximum atomic E-state index is 12.8. The van der Waals surface area contributed by atoms with E-state index in [1.54, 1.807) is 35.8 Å². The van der Waals surface area contributed by atoms with E-state index < -0.39 is 0 Å². The summed E-state index contributed by atoms with van der Waals surface area (Å²) in [5, 5.41) is 12.3. The number of nitrogens with one attached hydrogen (secondary N) is 1. The summed E-state index contributed by atoms with van der Waals surface area (Å²) in [5.74, 6) is 0.520. The number of nitrogens with zero attached hydrogens (tertiary/aromatic N) is 3. The molecule has 1 aliphatic heterocycles. The largest absolute Gasteiger partial charge is 0.321 e. The molecule has 26 heavy (non-hydrogen) atoms. The Morgan fingerprint density at radius 1 is 1.38 bits per heavy atom. The molecule has 0 saturated heterocycles. The van der Waals surface area contributed by atoms with Crippen LogP contribution in [0.25, 0.3) is 10.2 Å². The average molecular weight is 364 g/mol. The van der Waals surface area contributed by atoms with E-state index in [9.17, 15) is 9.59 Å². The summed E-state index contributed by atoms with van der Waals surface area (Å²) in [6, 6.07) is 8.79. The fourth-order valence-corrected chi connectivity index (χ4v) is 4.39. The van der Waals surface area contributed by atoms with Crippen LogP contribution in [0.5, 0.6) is 0 Å². The van der Waals surface area contributed by atoms with Crippen LogP contribution >= 0.6 is 11.3 Å². The van der Waals surface area contributed by atoms with Crippen molar-refractivity contribution >= 4 is 33.1 Å². The quantitative estimate of drug-likeness (QED) is 0.756. The Kier molecular flexibility index (Phi) is 4.05. The van der Waals surface area contributed by atoms with Crippen molar-refractivity contribution in [3.05, 3.63) is 56.4 Å². The molecule has 130 valence electrons. The van der Waals surface area contributed by atoms with E-state index in [4.69, 9.17) is 5.26 Å². The topological polar surface area (TPSA) is 87.8 Å². The molecule has 4 rings (SSSR count). The number of benzene rings is 1. The van der Waals surface area contributed by atoms with Gasteiger partial charge in [0.15, 0.2) is 0 Å². The lowest BCUT2D eigenvalue weighted by atomic mass is 10.1. The fourth-order valence-electron chi connectivity index (χ4n) is 3.30. The molecule has 0 atom stereocenters. The third-order valence-corrected chi connectivity index (χ3v) is 5.80. The van der Waals surface area contributed by atoms with Gasteiger partial charge in [0.25, 0.3) is 11.5 Å². The van der Waals surface area contributed by atoms with Crippen molar-refractivity contribution in [3.63, 3.8) is 0 Å². The first-order valence-corrected chi connectivity index (χ1v) is 9.24. The maximum Gasteiger partial charge on any atom is 0.266 e. The van der Waals surface area contributed by atoms with E-state index in [0.717, 1.165) is 25.1 Å². The van der Waals surface area contributed by atoms with Crippen molar-refractivity contribution in [2.75, 3.05) is 5.32 Å². The molecule has 0 aliphatic carbocycles. The Balaban J connectivity index is 1.76. The van der Waals surface area contributed by atoms with Gasteiger partial charge >= 0.3 is 0 Å². The summed E-state index contributed by atoms with van der Waals surface area (Å²) in [7, 11) is 0. The lowest BCUT2D eigenvalue weighted by Crippen LogP contribution is -2.28. The van der Waals surface area contributed by atoms with E-state index in [0.29, 0.717) is 38.5 Å². The molecule has 0 spiro atoms. The van der Waals surface area contributed by atoms with E-state index in [1.807, 2.05) is 6.07 Å². The second-order valence-electron chi connectivity index (χ2n) is 6.32. The van der Waals surface area contributed by atoms with Crippen LogP contribution in [0.4, 0.5) is 5.69 Å². The smallest absolute Gasteiger partial charge is 0.266 e. The van der Waals surface area contributed by atoms with Crippen LogP contribution < -0.4 is 10.9 Å². The van der Waals surface area contributed by atoms with Gasteiger partial charge in [0, 0.05) is 18.7 Å². The number of fused-ring (bicyclic) bond motifs is 2. The molecule has 0 saturated carbocycles. The molecule has 1 N–H and O–H groups in total. The summed E-state index contributed by atoms with van der Waals surface area (Å²) >= 11 is 1.25. The van der Waals surface area contributed by atoms with Gasteiger partial charge in [-0.15, -0.1) is 11.3 Å². The number of hydrogen-bond acceptors (Lipinski definition) is 5. The molecular weight excluding hydrogens is 348 g/mol. The number of thiophene rings is 1. The second kappa shape index (κ2) is 6.39. The van der Waals surface area contributed by atoms with Crippen molar-refractivity contribution in [1.82, 2.24) is 9.55 Å². The molecule has 3 heterocycles. The van der Waals surface area contributed by atoms with Gasteiger partial charge in [-0.3, -0.25) is 14.2 Å². The van der Waals surface area contributed by atoms with E-state index in [1.165, 1.54) is 11.3 Å². The molecule has 1 aromatic carbocycles. The molecule has 3 aromatic rings. The van der Waals surface area contributed by atoms with Crippen LogP contribution in [0.3, 0.4) is 0 Å². The zero-order valence-electron chi connectivity index (χ0n) is 14.2. The summed E-state index contributed by atoms with van der Waals surface area (Å²) < 4.78 is 1.74. The highest BCUT2D eigenvalue weighted by molar-refractivity contribution is 7.20. The highest BCUT2D eigenvalue weighted by Gasteiger charge is 2.22. The van der Waals surface area contributed by atoms with E-state index in [2.05, 4.69) is 10.3 Å². The van der Waals surface area contributed by atoms with E-state index >= 15 is 0 Å². The number of rotatable bonds is 2. The van der Waals surface area contributed by atoms with Gasteiger partial charge in [0.05, 0.1) is 21.9 Å². The Hall–Kier alpha value is -2.98. The number of aromatic nitrogens is 2. The Labute approximate surface area is 153 Å². The van der Waals surface area contributed by atoms with Crippen molar-refractivity contribution in [2.45, 2.75) is 32.7 Å². The number of carbonyl (C=O) groups is 1. The van der Waals surface area contributed by atoms with Crippen molar-refractivity contribution < 1.29 is 4.79 Å². The van der Waals surface area contributed by atoms with Crippen LogP contribution in [-0.2, 0) is 13.0 Å². The number of aryl methyl sites for hydroxylation is 2. The lowest BCUT2D eigenvalue weighted by molar-refractivity contribution is 0.103. The Morgan fingerprint density at radius 3 is 3.04 bits per heavy atom. The summed E-state index contributed by atoms with van der Waals surface area (Å²) in [6.45, 7) is 2.48. The highest BCUT2D eigenvalue weighted by atomic mass is 32.1. The monoisotopic (exact) mass is 364 g/mol. The van der Waals surface area contributed by atoms with Crippen LogP contribution in [0.1, 0.15) is 39.5 Å². The minimum absolute atomic E-state index is 0.0519. The van der Waals surface area contributed by atoms with Crippen molar-refractivity contribution in [1.29, 1.82) is 5.26 Å². The molecule has 0 radical (unpaired) electrons. The molecule has 6 nitrogen and oxygen atoms in total. The van der Waals surface area contributed by atoms with Crippen LogP contribution in [0, 0.1) is 18.3 Å². The molecule has 0 unspecified atom stereocenters. The Bertz CT molecular complexity index is 1140. The summed E-state index contributed by atoms with van der Waals surface area (Å²) in [6.07, 6.45) is 2.81. The van der Waals surface area contributed by atoms with Gasteiger partial charge in [-0.2, -0.15) is 5.26 Å². The van der Waals surface area contributed by atoms with Crippen LogP contribution in [-0.4, -0.2) is 15.5 Å². The van der Waals surface area contributed by atoms with Crippen LogP contribution in [0.15, 0.2) is 29.1 Å². The second-order valence-corrected chi connectivity index (χ2v) is 7.32. The molecule has 1 aliphatic rings. The van der Waals surface area contributed by atoms with Crippen molar-refractivity contribution in [2.24, 2.45) is 0 Å². The predicted octanol–water partition coefficient (Wildman–Crippen LogP) is 3.23. The van der Waals surface area contributed by atoms with Gasteiger partial charge in [0.2, 0.25) is 0 Å². The lowest BCUT2D eigenvalue weighted by Gasteiger charge is -2.16. The van der Waals surface area contributed by atoms with Gasteiger partial charge in [-0.25, -0.2) is 4.98 Å². The zero-order chi connectivity index (χ0) is 18.3. The third kappa shape index (κ3) is 2.68. The number of anilines is 1. The molecule has 1 amide bonds. The minimum Gasteiger partial charge on any atom is -0.321 e. The first kappa shape index (κ1) is 16.5. The first-order valence-electron chi connectivity index (χ1n) is 8.43. The summed E-state index contributed by atoms with van der Waals surface area (Å²) in [4.78, 5) is 31.3. The number of hydrogen-bond donors (Lipinski definition) is 1. The maximum absolute atomic E-state index is 12.8. The number of nitriles is 1. The number of carbonyl (C=O) groups excluding carboxylic acids is 1. The van der Waals surface area contributed by atoms with E-state index in [-0.39, 0.29) is 11.5 Å². The highest BCUT2D eigenvalue weighted by Crippen LogP contribution is 2.29. The predicted molar refractivity (Wildman–Crippen MR) is 101 cm³/mol. The molecular formula is C19H16N4O2S. The summed E-state index contributed by atoms with van der Waals surface area (Å²) in [5.41, 5.74) is 1.64. The Morgan fingerprint density at radius 2 is 2.23 bits per heavy atom. The molecule has 0 fully saturated rings. The minimum atomic E-state index is -0.289. The van der Waals surface area contributed by atoms with Gasteiger partial charge in [0.1, 0.15) is 10.7 Å². The van der Waals surface area contributed by atoms with Gasteiger partial charge in [-0.1, -0.05) is 6.07 Å². The fraction of sp³-hybridized carbons (Fsp3) is 0.263. The third-order valence-electron chi connectivity index (χ3n) is 4.62. The normalized spacial score (nSPS) is 13.2. The van der Waals surface area contributed by atoms with Gasteiger partial charge in [-0.05, 0) is 43.5 Å². The number of amides is 1. The zero-order valence-corrected chi connectivity index (χ0v) is 15.0. The van der Waals surface area contributed by atoms with Gasteiger partial charge < -0.3 is 5.32 Å². The standard InChI is InChI=1S/C19H16N4O2S/c1-11-15-18(22-14-7-2-3-8-23(14)19(15)25)26-16(11)17(24)21-13-6-4-5-12(9-13)10-20/h4-6,9H,2-3,7-8H2,1H3,(H,21,24). The molecule has 2 aromatic heterocycles. The SMILES string of the molecule is Cc1c(C(=O)Nc2cccc(C#N)c2)sc2nc3n(c(=O)c12)CCCC3. The van der Waals surface area contributed by atoms with Crippen molar-refractivity contribution in [3.8, 4) is 6.07 Å². The molecule has 7 heteroatoms. The average Bonchev–Trinajstić information content (AvgIpc) is 2.99. The first-order chi connectivity index (χ1) is 12.6. The molecule has 0 bridgehead atoms.